The van der Waals surface area contributed by atoms with E-state index in [4.69, 9.17) is 5.11 Å². The molecule has 0 aromatic rings. The number of carbonyl (C=O) groups is 1. The van der Waals surface area contributed by atoms with Gasteiger partial charge in [-0.1, -0.05) is 23.8 Å². The number of carboxylic acids is 1. The Morgan fingerprint density at radius 3 is 2.80 bits per heavy atom. The van der Waals surface area contributed by atoms with Gasteiger partial charge in [0.2, 0.25) is 0 Å². The average Bonchev–Trinajstić information content (AvgIpc) is 2.18. The average molecular weight is 210 g/mol. The standard InChI is InChI=1S/C12H18O3/c1-10-5-4-7-12(9-10,11(14)15)6-2-3-8-13/h4,7,9,13H,2-3,5-6,8H2,1H3,(H,14,15). The van der Waals surface area contributed by atoms with Gasteiger partial charge >= 0.3 is 5.97 Å². The van der Waals surface area contributed by atoms with Crippen molar-refractivity contribution in [3.63, 3.8) is 0 Å². The van der Waals surface area contributed by atoms with Gasteiger partial charge in [-0.2, -0.15) is 0 Å². The van der Waals surface area contributed by atoms with E-state index in [1.54, 1.807) is 6.08 Å². The Kier molecular flexibility index (Phi) is 4.09. The second kappa shape index (κ2) is 5.12. The third kappa shape index (κ3) is 2.93. The predicted octanol–water partition coefficient (Wildman–Crippen LogP) is 2.13. The van der Waals surface area contributed by atoms with Crippen LogP contribution in [-0.2, 0) is 4.79 Å². The third-order valence-electron chi connectivity index (χ3n) is 2.76. The number of carboxylic acid groups (broad SMARTS) is 1. The van der Waals surface area contributed by atoms with Crippen LogP contribution in [0.2, 0.25) is 0 Å². The van der Waals surface area contributed by atoms with E-state index in [0.717, 1.165) is 18.4 Å². The fraction of sp³-hybridized carbons (Fsp3) is 0.583. The number of aliphatic hydroxyl groups excluding tert-OH is 1. The van der Waals surface area contributed by atoms with Crippen molar-refractivity contribution in [2.24, 2.45) is 5.41 Å². The molecule has 1 aliphatic rings. The summed E-state index contributed by atoms with van der Waals surface area (Å²) in [7, 11) is 0. The molecule has 1 atom stereocenters. The van der Waals surface area contributed by atoms with Crippen molar-refractivity contribution < 1.29 is 15.0 Å². The molecule has 1 rings (SSSR count). The molecule has 0 spiro atoms. The van der Waals surface area contributed by atoms with Crippen molar-refractivity contribution in [1.82, 2.24) is 0 Å². The minimum atomic E-state index is -0.836. The highest BCUT2D eigenvalue weighted by atomic mass is 16.4. The molecule has 0 aromatic carbocycles. The summed E-state index contributed by atoms with van der Waals surface area (Å²) in [6.07, 6.45) is 8.34. The Hall–Kier alpha value is -1.09. The Bertz CT molecular complexity index is 291. The fourth-order valence-electron chi connectivity index (χ4n) is 1.93. The van der Waals surface area contributed by atoms with Crippen molar-refractivity contribution in [3.05, 3.63) is 23.8 Å². The minimum absolute atomic E-state index is 0.127. The van der Waals surface area contributed by atoms with Gasteiger partial charge in [0.15, 0.2) is 0 Å². The number of aliphatic hydroxyl groups is 1. The van der Waals surface area contributed by atoms with Gasteiger partial charge < -0.3 is 10.2 Å². The van der Waals surface area contributed by atoms with Crippen LogP contribution >= 0.6 is 0 Å². The van der Waals surface area contributed by atoms with E-state index in [-0.39, 0.29) is 6.61 Å². The maximum absolute atomic E-state index is 11.3. The van der Waals surface area contributed by atoms with Crippen molar-refractivity contribution in [3.8, 4) is 0 Å². The number of allylic oxidation sites excluding steroid dienone is 2. The monoisotopic (exact) mass is 210 g/mol. The van der Waals surface area contributed by atoms with Gasteiger partial charge in [0.25, 0.3) is 0 Å². The lowest BCUT2D eigenvalue weighted by Gasteiger charge is -2.26. The van der Waals surface area contributed by atoms with Gasteiger partial charge in [0.1, 0.15) is 5.41 Å². The van der Waals surface area contributed by atoms with Crippen molar-refractivity contribution >= 4 is 5.97 Å². The highest BCUT2D eigenvalue weighted by Gasteiger charge is 2.34. The molecule has 1 unspecified atom stereocenters. The Morgan fingerprint density at radius 1 is 1.53 bits per heavy atom. The molecule has 3 nitrogen and oxygen atoms in total. The molecule has 0 amide bonds. The number of hydrogen-bond donors (Lipinski definition) is 2. The molecule has 0 fully saturated rings. The van der Waals surface area contributed by atoms with Crippen LogP contribution in [0.4, 0.5) is 0 Å². The van der Waals surface area contributed by atoms with E-state index in [1.807, 2.05) is 19.1 Å². The Labute approximate surface area is 90.1 Å². The zero-order chi connectivity index (χ0) is 11.3. The molecule has 0 aliphatic heterocycles. The van der Waals surface area contributed by atoms with Crippen LogP contribution in [0, 0.1) is 5.41 Å². The normalized spacial score (nSPS) is 25.1. The fourth-order valence-corrected chi connectivity index (χ4v) is 1.93. The molecular weight excluding hydrogens is 192 g/mol. The first-order valence-electron chi connectivity index (χ1n) is 5.31. The largest absolute Gasteiger partial charge is 0.480 e. The summed E-state index contributed by atoms with van der Waals surface area (Å²) in [4.78, 5) is 11.3. The van der Waals surface area contributed by atoms with Crippen LogP contribution in [0.25, 0.3) is 0 Å². The number of hydrogen-bond acceptors (Lipinski definition) is 2. The zero-order valence-electron chi connectivity index (χ0n) is 9.07. The lowest BCUT2D eigenvalue weighted by Crippen LogP contribution is -2.28. The van der Waals surface area contributed by atoms with Crippen LogP contribution in [0.3, 0.4) is 0 Å². The van der Waals surface area contributed by atoms with E-state index in [2.05, 4.69) is 0 Å². The molecule has 0 aromatic heterocycles. The van der Waals surface area contributed by atoms with Crippen LogP contribution in [0.15, 0.2) is 23.8 Å². The van der Waals surface area contributed by atoms with Crippen molar-refractivity contribution in [2.45, 2.75) is 32.6 Å². The first-order valence-corrected chi connectivity index (χ1v) is 5.31. The lowest BCUT2D eigenvalue weighted by molar-refractivity contribution is -0.144. The maximum Gasteiger partial charge on any atom is 0.317 e. The molecule has 0 bridgehead atoms. The van der Waals surface area contributed by atoms with Gasteiger partial charge in [-0.25, -0.2) is 0 Å². The van der Waals surface area contributed by atoms with Crippen LogP contribution in [-0.4, -0.2) is 22.8 Å². The number of unbranched alkanes of at least 4 members (excludes halogenated alkanes) is 1. The topological polar surface area (TPSA) is 57.5 Å². The van der Waals surface area contributed by atoms with Gasteiger partial charge in [0, 0.05) is 6.61 Å². The zero-order valence-corrected chi connectivity index (χ0v) is 9.07. The molecule has 84 valence electrons. The third-order valence-corrected chi connectivity index (χ3v) is 2.76. The summed E-state index contributed by atoms with van der Waals surface area (Å²) in [5.41, 5.74) is 0.265. The summed E-state index contributed by atoms with van der Waals surface area (Å²) in [6.45, 7) is 2.08. The maximum atomic E-state index is 11.3. The minimum Gasteiger partial charge on any atom is -0.480 e. The van der Waals surface area contributed by atoms with Crippen molar-refractivity contribution in [2.75, 3.05) is 6.61 Å². The number of aliphatic carboxylic acids is 1. The van der Waals surface area contributed by atoms with Crippen LogP contribution in [0.1, 0.15) is 32.6 Å². The highest BCUT2D eigenvalue weighted by Crippen LogP contribution is 2.34. The van der Waals surface area contributed by atoms with Crippen LogP contribution in [0.5, 0.6) is 0 Å². The lowest BCUT2D eigenvalue weighted by atomic mass is 9.78. The van der Waals surface area contributed by atoms with Gasteiger partial charge in [-0.15, -0.1) is 0 Å². The second-order valence-electron chi connectivity index (χ2n) is 4.12. The number of rotatable bonds is 5. The molecule has 1 aliphatic carbocycles. The molecule has 15 heavy (non-hydrogen) atoms. The SMILES string of the molecule is CC1=CC(CCCCO)(C(=O)O)C=CC1. The van der Waals surface area contributed by atoms with E-state index in [0.29, 0.717) is 12.8 Å². The molecule has 0 heterocycles. The molecule has 3 heteroatoms. The predicted molar refractivity (Wildman–Crippen MR) is 58.5 cm³/mol. The van der Waals surface area contributed by atoms with Gasteiger partial charge in [-0.3, -0.25) is 4.79 Å². The van der Waals surface area contributed by atoms with E-state index in [1.165, 1.54) is 0 Å². The van der Waals surface area contributed by atoms with Gasteiger partial charge in [0.05, 0.1) is 0 Å². The second-order valence-corrected chi connectivity index (χ2v) is 4.12. The summed E-state index contributed by atoms with van der Waals surface area (Å²) < 4.78 is 0. The van der Waals surface area contributed by atoms with Crippen LogP contribution < -0.4 is 0 Å². The Balaban J connectivity index is 2.75. The molecule has 0 saturated carbocycles. The summed E-state index contributed by atoms with van der Waals surface area (Å²) in [5.74, 6) is -0.796. The quantitative estimate of drug-likeness (QED) is 0.540. The molecule has 0 radical (unpaired) electrons. The smallest absolute Gasteiger partial charge is 0.317 e. The Morgan fingerprint density at radius 2 is 2.27 bits per heavy atom. The van der Waals surface area contributed by atoms with Gasteiger partial charge in [-0.05, 0) is 32.6 Å². The summed E-state index contributed by atoms with van der Waals surface area (Å²) in [5, 5.41) is 17.9. The molecular formula is C12H18O3. The van der Waals surface area contributed by atoms with Crippen molar-refractivity contribution in [1.29, 1.82) is 0 Å². The first kappa shape index (κ1) is 12.0. The first-order chi connectivity index (χ1) is 7.10. The van der Waals surface area contributed by atoms with E-state index in [9.17, 15) is 9.90 Å². The highest BCUT2D eigenvalue weighted by molar-refractivity contribution is 5.80. The molecule has 2 N–H and O–H groups in total. The van der Waals surface area contributed by atoms with E-state index >= 15 is 0 Å². The summed E-state index contributed by atoms with van der Waals surface area (Å²) in [6, 6.07) is 0. The molecule has 0 saturated heterocycles. The summed E-state index contributed by atoms with van der Waals surface area (Å²) >= 11 is 0. The van der Waals surface area contributed by atoms with E-state index < -0.39 is 11.4 Å².